The molecule has 0 bridgehead atoms. The second kappa shape index (κ2) is 6.06. The predicted octanol–water partition coefficient (Wildman–Crippen LogP) is 2.70. The van der Waals surface area contributed by atoms with E-state index in [2.05, 4.69) is 0 Å². The van der Waals surface area contributed by atoms with E-state index in [4.69, 9.17) is 4.74 Å². The fourth-order valence-corrected chi connectivity index (χ4v) is 2.51. The van der Waals surface area contributed by atoms with Crippen molar-refractivity contribution >= 4 is 5.97 Å². The first-order valence-electron chi connectivity index (χ1n) is 6.81. The third kappa shape index (κ3) is 3.47. The summed E-state index contributed by atoms with van der Waals surface area (Å²) < 4.78 is 5.57. The van der Waals surface area contributed by atoms with Gasteiger partial charge in [-0.2, -0.15) is 0 Å². The topological polar surface area (TPSA) is 49.8 Å². The van der Waals surface area contributed by atoms with E-state index >= 15 is 0 Å². The summed E-state index contributed by atoms with van der Waals surface area (Å²) in [6, 6.07) is 6.88. The Kier molecular flexibility index (Phi) is 4.43. The Bertz CT molecular complexity index is 422. The van der Waals surface area contributed by atoms with Crippen LogP contribution in [0.2, 0.25) is 0 Å². The molecule has 1 heterocycles. The molecule has 1 aromatic rings. The number of nitrogens with zero attached hydrogens (tertiary/aromatic N) is 1. The highest BCUT2D eigenvalue weighted by Gasteiger charge is 2.29. The van der Waals surface area contributed by atoms with Crippen LogP contribution in [0, 0.1) is 0 Å². The molecule has 0 unspecified atom stereocenters. The average molecular weight is 263 g/mol. The first-order valence-corrected chi connectivity index (χ1v) is 6.81. The standard InChI is InChI=1S/C15H21NO3/c1-11(2)19-13-7-5-12(6-8-13)14(15(17)18)16-9-3-4-10-16/h5-8,11,14H,3-4,9-10H2,1-2H3,(H,17,18)/t14-/m1/s1. The Morgan fingerprint density at radius 2 is 1.79 bits per heavy atom. The molecule has 1 fully saturated rings. The van der Waals surface area contributed by atoms with Crippen molar-refractivity contribution in [2.24, 2.45) is 0 Å². The van der Waals surface area contributed by atoms with Crippen molar-refractivity contribution < 1.29 is 14.6 Å². The molecule has 104 valence electrons. The molecular formula is C15H21NO3. The zero-order chi connectivity index (χ0) is 13.8. The van der Waals surface area contributed by atoms with Gasteiger partial charge in [-0.3, -0.25) is 9.69 Å². The highest BCUT2D eigenvalue weighted by molar-refractivity contribution is 5.75. The number of likely N-dealkylation sites (tertiary alicyclic amines) is 1. The van der Waals surface area contributed by atoms with Crippen LogP contribution in [-0.4, -0.2) is 35.2 Å². The lowest BCUT2D eigenvalue weighted by molar-refractivity contribution is -0.143. The fraction of sp³-hybridized carbons (Fsp3) is 0.533. The molecule has 0 aromatic heterocycles. The largest absolute Gasteiger partial charge is 0.491 e. The molecule has 1 atom stereocenters. The van der Waals surface area contributed by atoms with Crippen molar-refractivity contribution in [2.45, 2.75) is 38.8 Å². The monoisotopic (exact) mass is 263 g/mol. The third-order valence-corrected chi connectivity index (χ3v) is 3.31. The first kappa shape index (κ1) is 13.9. The van der Waals surface area contributed by atoms with E-state index in [1.807, 2.05) is 43.0 Å². The van der Waals surface area contributed by atoms with Gasteiger partial charge in [-0.25, -0.2) is 0 Å². The number of hydrogen-bond acceptors (Lipinski definition) is 3. The van der Waals surface area contributed by atoms with Gasteiger partial charge in [-0.05, 0) is 57.5 Å². The number of benzene rings is 1. The Hall–Kier alpha value is -1.55. The number of ether oxygens (including phenoxy) is 1. The summed E-state index contributed by atoms with van der Waals surface area (Å²) in [7, 11) is 0. The van der Waals surface area contributed by atoms with Crippen molar-refractivity contribution in [1.29, 1.82) is 0 Å². The van der Waals surface area contributed by atoms with E-state index in [-0.39, 0.29) is 6.10 Å². The van der Waals surface area contributed by atoms with E-state index in [1.54, 1.807) is 0 Å². The van der Waals surface area contributed by atoms with E-state index in [1.165, 1.54) is 0 Å². The summed E-state index contributed by atoms with van der Waals surface area (Å²) in [6.45, 7) is 5.67. The smallest absolute Gasteiger partial charge is 0.325 e. The van der Waals surface area contributed by atoms with Crippen LogP contribution in [0.25, 0.3) is 0 Å². The lowest BCUT2D eigenvalue weighted by atomic mass is 10.1. The van der Waals surface area contributed by atoms with E-state index < -0.39 is 12.0 Å². The van der Waals surface area contributed by atoms with Gasteiger partial charge >= 0.3 is 5.97 Å². The minimum absolute atomic E-state index is 0.125. The highest BCUT2D eigenvalue weighted by Crippen LogP contribution is 2.27. The Balaban J connectivity index is 2.15. The summed E-state index contributed by atoms with van der Waals surface area (Å²) in [6.07, 6.45) is 2.29. The molecule has 2 rings (SSSR count). The summed E-state index contributed by atoms with van der Waals surface area (Å²) >= 11 is 0. The van der Waals surface area contributed by atoms with Crippen LogP contribution in [0.4, 0.5) is 0 Å². The lowest BCUT2D eigenvalue weighted by Gasteiger charge is -2.24. The van der Waals surface area contributed by atoms with Gasteiger partial charge in [0.05, 0.1) is 6.10 Å². The van der Waals surface area contributed by atoms with E-state index in [0.717, 1.165) is 37.2 Å². The van der Waals surface area contributed by atoms with Crippen LogP contribution in [0.1, 0.15) is 38.3 Å². The lowest BCUT2D eigenvalue weighted by Crippen LogP contribution is -2.31. The molecule has 1 aliphatic rings. The van der Waals surface area contributed by atoms with Gasteiger partial charge in [0, 0.05) is 0 Å². The minimum atomic E-state index is -0.778. The number of carbonyl (C=O) groups is 1. The summed E-state index contributed by atoms with van der Waals surface area (Å²) in [5, 5.41) is 9.43. The van der Waals surface area contributed by atoms with Gasteiger partial charge in [0.1, 0.15) is 11.8 Å². The van der Waals surface area contributed by atoms with Gasteiger partial charge in [-0.1, -0.05) is 12.1 Å². The van der Waals surface area contributed by atoms with E-state index in [0.29, 0.717) is 0 Å². The summed E-state index contributed by atoms with van der Waals surface area (Å²) in [5.74, 6) is 0.00346. The molecule has 0 saturated carbocycles. The van der Waals surface area contributed by atoms with Crippen molar-refractivity contribution in [3.8, 4) is 5.75 Å². The Labute approximate surface area is 114 Å². The average Bonchev–Trinajstić information content (AvgIpc) is 2.84. The molecule has 19 heavy (non-hydrogen) atoms. The molecule has 4 heteroatoms. The molecule has 0 amide bonds. The SMILES string of the molecule is CC(C)Oc1ccc([C@H](C(=O)O)N2CCCC2)cc1. The second-order valence-electron chi connectivity index (χ2n) is 5.22. The number of hydrogen-bond donors (Lipinski definition) is 1. The number of rotatable bonds is 5. The van der Waals surface area contributed by atoms with Gasteiger partial charge in [-0.15, -0.1) is 0 Å². The highest BCUT2D eigenvalue weighted by atomic mass is 16.5. The van der Waals surface area contributed by atoms with Gasteiger partial charge in [0.2, 0.25) is 0 Å². The summed E-state index contributed by atoms with van der Waals surface area (Å²) in [4.78, 5) is 13.5. The fourth-order valence-electron chi connectivity index (χ4n) is 2.51. The third-order valence-electron chi connectivity index (χ3n) is 3.31. The Morgan fingerprint density at radius 3 is 2.26 bits per heavy atom. The molecule has 1 aromatic carbocycles. The maximum absolute atomic E-state index is 11.5. The van der Waals surface area contributed by atoms with Crippen molar-refractivity contribution in [1.82, 2.24) is 4.90 Å². The van der Waals surface area contributed by atoms with Crippen LogP contribution in [-0.2, 0) is 4.79 Å². The molecule has 0 radical (unpaired) electrons. The number of carboxylic acid groups (broad SMARTS) is 1. The van der Waals surface area contributed by atoms with E-state index in [9.17, 15) is 9.90 Å². The maximum Gasteiger partial charge on any atom is 0.325 e. The van der Waals surface area contributed by atoms with Crippen molar-refractivity contribution in [2.75, 3.05) is 13.1 Å². The molecule has 1 N–H and O–H groups in total. The van der Waals surface area contributed by atoms with Crippen molar-refractivity contribution in [3.05, 3.63) is 29.8 Å². The van der Waals surface area contributed by atoms with Crippen molar-refractivity contribution in [3.63, 3.8) is 0 Å². The van der Waals surface area contributed by atoms with Gasteiger partial charge < -0.3 is 9.84 Å². The normalized spacial score (nSPS) is 17.6. The van der Waals surface area contributed by atoms with Crippen LogP contribution in [0.15, 0.2) is 24.3 Å². The maximum atomic E-state index is 11.5. The number of aliphatic carboxylic acids is 1. The summed E-state index contributed by atoms with van der Waals surface area (Å²) in [5.41, 5.74) is 0.825. The predicted molar refractivity (Wildman–Crippen MR) is 73.4 cm³/mol. The molecule has 1 saturated heterocycles. The Morgan fingerprint density at radius 1 is 1.21 bits per heavy atom. The van der Waals surface area contributed by atoms with Gasteiger partial charge in [0.15, 0.2) is 0 Å². The molecule has 0 spiro atoms. The zero-order valence-corrected chi connectivity index (χ0v) is 11.5. The quantitative estimate of drug-likeness (QED) is 0.887. The van der Waals surface area contributed by atoms with Crippen LogP contribution >= 0.6 is 0 Å². The van der Waals surface area contributed by atoms with Crippen LogP contribution in [0.5, 0.6) is 5.75 Å². The zero-order valence-electron chi connectivity index (χ0n) is 11.5. The number of carboxylic acids is 1. The second-order valence-corrected chi connectivity index (χ2v) is 5.22. The molecule has 1 aliphatic heterocycles. The van der Waals surface area contributed by atoms with Gasteiger partial charge in [0.25, 0.3) is 0 Å². The van der Waals surface area contributed by atoms with Crippen LogP contribution in [0.3, 0.4) is 0 Å². The molecular weight excluding hydrogens is 242 g/mol. The van der Waals surface area contributed by atoms with Crippen LogP contribution < -0.4 is 4.74 Å². The first-order chi connectivity index (χ1) is 9.08. The minimum Gasteiger partial charge on any atom is -0.491 e. The molecule has 0 aliphatic carbocycles. The molecule has 4 nitrogen and oxygen atoms in total.